The Morgan fingerprint density at radius 2 is 2.10 bits per heavy atom. The van der Waals surface area contributed by atoms with Crippen molar-refractivity contribution in [2.75, 3.05) is 0 Å². The molecule has 0 fully saturated rings. The molecule has 0 bridgehead atoms. The smallest absolute Gasteiger partial charge is 0.328 e. The van der Waals surface area contributed by atoms with Crippen LogP contribution in [0, 0.1) is 0 Å². The first-order valence-corrected chi connectivity index (χ1v) is 11.9. The number of nitrogens with one attached hydrogen (secondary N) is 2. The second kappa shape index (κ2) is 8.30. The molecule has 4 aromatic rings. The molecule has 0 amide bonds. The van der Waals surface area contributed by atoms with Crippen molar-refractivity contribution >= 4 is 54.2 Å². The zero-order valence-corrected chi connectivity index (χ0v) is 18.5. The number of aromatic nitrogens is 4. The molecule has 3 N–H and O–H groups in total. The maximum absolute atomic E-state index is 12.3. The molecule has 3 heterocycles. The Morgan fingerprint density at radius 3 is 2.83 bits per heavy atom. The summed E-state index contributed by atoms with van der Waals surface area (Å²) in [6.07, 6.45) is 3.43. The first kappa shape index (κ1) is 20.7. The molecule has 0 spiro atoms. The lowest BCUT2D eigenvalue weighted by molar-refractivity contribution is -0.141. The normalized spacial score (nSPS) is 13.0. The minimum absolute atomic E-state index is 0.0999. The van der Waals surface area contributed by atoms with E-state index in [1.54, 1.807) is 12.3 Å². The molecule has 4 rings (SSSR count). The van der Waals surface area contributed by atoms with Gasteiger partial charge in [-0.05, 0) is 39.7 Å². The molecule has 0 saturated heterocycles. The van der Waals surface area contributed by atoms with E-state index in [-0.39, 0.29) is 17.2 Å². The average molecular weight is 510 g/mol. The lowest BCUT2D eigenvalue weighted by Gasteiger charge is -2.11. The highest BCUT2D eigenvalue weighted by Gasteiger charge is 2.24. The lowest BCUT2D eigenvalue weighted by atomic mass is 10.1. The third kappa shape index (κ3) is 4.31. The molecule has 0 aliphatic heterocycles. The van der Waals surface area contributed by atoms with E-state index in [2.05, 4.69) is 35.9 Å². The van der Waals surface area contributed by atoms with Gasteiger partial charge in [0.2, 0.25) is 10.0 Å². The molecular weight excluding hydrogens is 494 g/mol. The number of benzene rings is 1. The van der Waals surface area contributed by atoms with Crippen LogP contribution in [0.2, 0.25) is 0 Å². The van der Waals surface area contributed by atoms with Gasteiger partial charge in [-0.2, -0.15) is 0 Å². The van der Waals surface area contributed by atoms with Crippen molar-refractivity contribution in [1.29, 1.82) is 0 Å². The van der Waals surface area contributed by atoms with Crippen LogP contribution in [-0.2, 0) is 27.8 Å². The van der Waals surface area contributed by atoms with Gasteiger partial charge in [0.15, 0.2) is 6.04 Å². The molecule has 1 atom stereocenters. The molecule has 156 valence electrons. The summed E-state index contributed by atoms with van der Waals surface area (Å²) in [6.45, 7) is -0.0999. The Morgan fingerprint density at radius 1 is 1.30 bits per heavy atom. The van der Waals surface area contributed by atoms with Crippen molar-refractivity contribution in [1.82, 2.24) is 24.7 Å². The minimum Gasteiger partial charge on any atom is -0.480 e. The summed E-state index contributed by atoms with van der Waals surface area (Å²) < 4.78 is 29.2. The number of thiophene rings is 1. The van der Waals surface area contributed by atoms with Crippen LogP contribution in [0.25, 0.3) is 10.9 Å². The summed E-state index contributed by atoms with van der Waals surface area (Å²) in [7, 11) is -3.69. The zero-order valence-electron chi connectivity index (χ0n) is 15.3. The average Bonchev–Trinajstić information content (AvgIpc) is 3.44. The van der Waals surface area contributed by atoms with E-state index in [9.17, 15) is 18.3 Å². The van der Waals surface area contributed by atoms with Crippen molar-refractivity contribution in [3.8, 4) is 0 Å². The monoisotopic (exact) mass is 509 g/mol. The number of carboxylic acids is 1. The molecule has 0 aliphatic rings. The quantitative estimate of drug-likeness (QED) is 0.334. The molecule has 30 heavy (non-hydrogen) atoms. The van der Waals surface area contributed by atoms with E-state index in [1.165, 1.54) is 16.9 Å². The van der Waals surface area contributed by atoms with E-state index >= 15 is 0 Å². The van der Waals surface area contributed by atoms with Crippen LogP contribution < -0.4 is 4.72 Å². The fourth-order valence-corrected chi connectivity index (χ4v) is 6.09. The highest BCUT2D eigenvalue weighted by molar-refractivity contribution is 9.11. The predicted molar refractivity (Wildman–Crippen MR) is 115 cm³/mol. The van der Waals surface area contributed by atoms with Crippen LogP contribution in [-0.4, -0.2) is 39.5 Å². The molecular formula is C18H16BrN5O4S2. The van der Waals surface area contributed by atoms with Crippen LogP contribution in [0.1, 0.15) is 17.3 Å². The molecule has 9 nitrogen and oxygen atoms in total. The fraction of sp³-hybridized carbons (Fsp3) is 0.167. The van der Waals surface area contributed by atoms with Crippen LogP contribution in [0.5, 0.6) is 0 Å². The number of aromatic amines is 1. The second-order valence-electron chi connectivity index (χ2n) is 6.49. The van der Waals surface area contributed by atoms with Gasteiger partial charge in [-0.3, -0.25) is 0 Å². The van der Waals surface area contributed by atoms with Gasteiger partial charge in [-0.15, -0.1) is 16.4 Å². The van der Waals surface area contributed by atoms with Crippen molar-refractivity contribution in [3.63, 3.8) is 0 Å². The van der Waals surface area contributed by atoms with E-state index in [0.29, 0.717) is 9.48 Å². The summed E-state index contributed by atoms with van der Waals surface area (Å²) in [6, 6.07) is 9.80. The first-order valence-electron chi connectivity index (χ1n) is 8.77. The van der Waals surface area contributed by atoms with Crippen LogP contribution in [0.4, 0.5) is 0 Å². The minimum atomic E-state index is -3.69. The Balaban J connectivity index is 1.50. The van der Waals surface area contributed by atoms with Gasteiger partial charge < -0.3 is 10.1 Å². The number of aliphatic carboxylic acids is 1. The second-order valence-corrected chi connectivity index (χ2v) is 10.9. The Hall–Kier alpha value is -2.54. The fourth-order valence-electron chi connectivity index (χ4n) is 3.03. The van der Waals surface area contributed by atoms with Crippen LogP contribution in [0.15, 0.2) is 56.8 Å². The van der Waals surface area contributed by atoms with Crippen molar-refractivity contribution in [3.05, 3.63) is 63.8 Å². The van der Waals surface area contributed by atoms with Crippen LogP contribution >= 0.6 is 27.3 Å². The maximum atomic E-state index is 12.3. The molecule has 1 unspecified atom stereocenters. The first-order chi connectivity index (χ1) is 14.3. The Kier molecular flexibility index (Phi) is 5.73. The topological polar surface area (TPSA) is 130 Å². The summed E-state index contributed by atoms with van der Waals surface area (Å²) in [5.41, 5.74) is 2.09. The molecule has 0 saturated carbocycles. The number of halogens is 1. The van der Waals surface area contributed by atoms with Gasteiger partial charge in [0.05, 0.1) is 22.2 Å². The number of para-hydroxylation sites is 1. The largest absolute Gasteiger partial charge is 0.480 e. The molecule has 0 radical (unpaired) electrons. The van der Waals surface area contributed by atoms with Gasteiger partial charge in [0.1, 0.15) is 4.21 Å². The van der Waals surface area contributed by atoms with Gasteiger partial charge in [0, 0.05) is 23.5 Å². The number of carboxylic acid groups (broad SMARTS) is 1. The maximum Gasteiger partial charge on any atom is 0.328 e. The van der Waals surface area contributed by atoms with E-state index in [1.807, 2.05) is 24.3 Å². The highest BCUT2D eigenvalue weighted by atomic mass is 79.9. The van der Waals surface area contributed by atoms with Crippen LogP contribution in [0.3, 0.4) is 0 Å². The third-order valence-electron chi connectivity index (χ3n) is 4.51. The van der Waals surface area contributed by atoms with Crippen molar-refractivity contribution in [2.45, 2.75) is 23.2 Å². The zero-order chi connectivity index (χ0) is 21.3. The summed E-state index contributed by atoms with van der Waals surface area (Å²) in [5.74, 6) is -1.05. The number of sulfonamides is 1. The van der Waals surface area contributed by atoms with E-state index in [0.717, 1.165) is 27.8 Å². The predicted octanol–water partition coefficient (Wildman–Crippen LogP) is 2.93. The van der Waals surface area contributed by atoms with Gasteiger partial charge in [-0.1, -0.05) is 23.4 Å². The number of nitrogens with zero attached hydrogens (tertiary/aromatic N) is 3. The number of rotatable bonds is 8. The standard InChI is InChI=1S/C18H16BrN5O4S2/c19-16-5-6-17(29-16)30(27,28)21-9-12-10-24(23-22-12)15(18(25)26)7-11-8-20-14-4-2-1-3-13(11)14/h1-6,8,10,15,20-21H,7,9H2,(H,25,26). The van der Waals surface area contributed by atoms with Gasteiger partial charge >= 0.3 is 5.97 Å². The number of H-pyrrole nitrogens is 1. The van der Waals surface area contributed by atoms with Gasteiger partial charge in [0.25, 0.3) is 0 Å². The number of carbonyl (C=O) groups is 1. The Bertz CT molecular complexity index is 1310. The van der Waals surface area contributed by atoms with Crippen molar-refractivity contribution in [2.24, 2.45) is 0 Å². The lowest BCUT2D eigenvalue weighted by Crippen LogP contribution is -2.23. The molecule has 0 aliphatic carbocycles. The summed E-state index contributed by atoms with van der Waals surface area (Å²) in [4.78, 5) is 15.0. The SMILES string of the molecule is O=C(O)C(Cc1c[nH]c2ccccc12)n1cc(CNS(=O)(=O)c2ccc(Br)s2)nn1. The molecule has 3 aromatic heterocycles. The molecule has 1 aromatic carbocycles. The van der Waals surface area contributed by atoms with Crippen molar-refractivity contribution < 1.29 is 18.3 Å². The van der Waals surface area contributed by atoms with Gasteiger partial charge in [-0.25, -0.2) is 22.6 Å². The number of fused-ring (bicyclic) bond motifs is 1. The van der Waals surface area contributed by atoms with E-state index in [4.69, 9.17) is 0 Å². The summed E-state index contributed by atoms with van der Waals surface area (Å²) in [5, 5.41) is 18.5. The molecule has 12 heteroatoms. The van der Waals surface area contributed by atoms with E-state index < -0.39 is 22.0 Å². The Labute approximate surface area is 183 Å². The highest BCUT2D eigenvalue weighted by Crippen LogP contribution is 2.26. The number of hydrogen-bond donors (Lipinski definition) is 3. The number of hydrogen-bond acceptors (Lipinski definition) is 6. The summed E-state index contributed by atoms with van der Waals surface area (Å²) >= 11 is 4.33. The third-order valence-corrected chi connectivity index (χ3v) is 8.02.